The number of aromatic nitrogens is 3. The summed E-state index contributed by atoms with van der Waals surface area (Å²) in [6, 6.07) is 14.3. The molecule has 3 aromatic rings. The molecule has 6 heteroatoms. The van der Waals surface area contributed by atoms with E-state index in [4.69, 9.17) is 17.3 Å². The fourth-order valence-electron chi connectivity index (χ4n) is 2.19. The monoisotopic (exact) mass is 317 g/mol. The zero-order valence-electron chi connectivity index (χ0n) is 12.0. The van der Waals surface area contributed by atoms with Crippen molar-refractivity contribution in [3.05, 3.63) is 52.6 Å². The van der Waals surface area contributed by atoms with E-state index in [1.54, 1.807) is 11.3 Å². The molecule has 21 heavy (non-hydrogen) atoms. The van der Waals surface area contributed by atoms with Crippen LogP contribution >= 0.6 is 23.6 Å². The molecule has 0 bridgehead atoms. The molecule has 3 rings (SSSR count). The number of quaternary nitrogens is 1. The first-order valence-corrected chi connectivity index (χ1v) is 8.04. The number of para-hydroxylation sites is 1. The molecule has 0 aliphatic rings. The molecule has 0 aliphatic carbocycles. The summed E-state index contributed by atoms with van der Waals surface area (Å²) in [7, 11) is 4.18. The molecule has 0 aliphatic heterocycles. The van der Waals surface area contributed by atoms with Crippen LogP contribution in [0.1, 0.15) is 0 Å². The molecule has 2 heterocycles. The van der Waals surface area contributed by atoms with E-state index in [1.165, 1.54) is 4.90 Å². The summed E-state index contributed by atoms with van der Waals surface area (Å²) in [6.45, 7) is 0.747. The highest BCUT2D eigenvalue weighted by Crippen LogP contribution is 2.26. The minimum Gasteiger partial charge on any atom is -0.321 e. The van der Waals surface area contributed by atoms with Gasteiger partial charge in [-0.3, -0.25) is 4.57 Å². The molecular weight excluding hydrogens is 300 g/mol. The Kier molecular flexibility index (Phi) is 4.01. The topological polar surface area (TPSA) is 27.2 Å². The molecule has 0 fully saturated rings. The summed E-state index contributed by atoms with van der Waals surface area (Å²) in [6.07, 6.45) is 0. The van der Waals surface area contributed by atoms with Crippen molar-refractivity contribution in [3.8, 4) is 16.4 Å². The molecule has 4 nitrogen and oxygen atoms in total. The second-order valence-corrected chi connectivity index (χ2v) is 6.43. The summed E-state index contributed by atoms with van der Waals surface area (Å²) >= 11 is 7.32. The average Bonchev–Trinajstić information content (AvgIpc) is 3.08. The maximum atomic E-state index is 5.64. The highest BCUT2D eigenvalue weighted by atomic mass is 32.1. The van der Waals surface area contributed by atoms with Gasteiger partial charge in [0, 0.05) is 0 Å². The van der Waals surface area contributed by atoms with Crippen molar-refractivity contribution in [1.29, 1.82) is 0 Å². The molecule has 0 saturated carbocycles. The molecule has 0 unspecified atom stereocenters. The Morgan fingerprint density at radius 3 is 2.52 bits per heavy atom. The molecule has 1 aromatic carbocycles. The van der Waals surface area contributed by atoms with Gasteiger partial charge in [-0.05, 0) is 35.8 Å². The Balaban J connectivity index is 2.21. The van der Waals surface area contributed by atoms with Crippen molar-refractivity contribution in [2.75, 3.05) is 14.1 Å². The van der Waals surface area contributed by atoms with E-state index in [0.717, 1.165) is 27.8 Å². The third-order valence-corrected chi connectivity index (χ3v) is 4.32. The molecule has 2 aromatic heterocycles. The summed E-state index contributed by atoms with van der Waals surface area (Å²) in [4.78, 5) is 2.40. The second-order valence-electron chi connectivity index (χ2n) is 5.12. The molecule has 0 amide bonds. The molecule has 108 valence electrons. The number of benzene rings is 1. The summed E-state index contributed by atoms with van der Waals surface area (Å²) in [5.74, 6) is 0.905. The second kappa shape index (κ2) is 5.93. The van der Waals surface area contributed by atoms with Crippen molar-refractivity contribution in [2.24, 2.45) is 0 Å². The highest BCUT2D eigenvalue weighted by Gasteiger charge is 2.16. The van der Waals surface area contributed by atoms with Gasteiger partial charge < -0.3 is 4.90 Å². The van der Waals surface area contributed by atoms with Crippen LogP contribution in [-0.2, 0) is 6.67 Å². The normalized spacial score (nSPS) is 11.2. The lowest BCUT2D eigenvalue weighted by atomic mass is 10.3. The molecule has 1 N–H and O–H groups in total. The predicted octanol–water partition coefficient (Wildman–Crippen LogP) is 2.23. The van der Waals surface area contributed by atoms with Gasteiger partial charge in [-0.25, -0.2) is 0 Å². The predicted molar refractivity (Wildman–Crippen MR) is 88.5 cm³/mol. The van der Waals surface area contributed by atoms with Crippen LogP contribution in [0, 0.1) is 4.77 Å². The smallest absolute Gasteiger partial charge is 0.207 e. The quantitative estimate of drug-likeness (QED) is 0.747. The van der Waals surface area contributed by atoms with Gasteiger partial charge in [-0.1, -0.05) is 24.3 Å². The number of hydrogen-bond acceptors (Lipinski definition) is 3. The van der Waals surface area contributed by atoms with Gasteiger partial charge in [-0.15, -0.1) is 16.4 Å². The third-order valence-electron chi connectivity index (χ3n) is 3.06. The summed E-state index contributed by atoms with van der Waals surface area (Å²) < 4.78 is 4.67. The van der Waals surface area contributed by atoms with E-state index in [-0.39, 0.29) is 0 Å². The minimum absolute atomic E-state index is 0.728. The van der Waals surface area contributed by atoms with Crippen LogP contribution in [0.3, 0.4) is 0 Å². The van der Waals surface area contributed by atoms with Gasteiger partial charge in [0.1, 0.15) is 0 Å². The maximum Gasteiger partial charge on any atom is 0.207 e. The van der Waals surface area contributed by atoms with E-state index in [1.807, 2.05) is 33.5 Å². The van der Waals surface area contributed by atoms with Crippen molar-refractivity contribution in [3.63, 3.8) is 0 Å². The van der Waals surface area contributed by atoms with Gasteiger partial charge in [0.15, 0.2) is 12.5 Å². The standard InChI is InChI=1S/C15H16N4S2/c1-17(2)11-18-15(20)19(12-7-4-3-5-8-12)14(16-18)13-9-6-10-21-13/h3-10H,11H2,1-2H3/p+1. The first-order valence-electron chi connectivity index (χ1n) is 6.75. The number of rotatable bonds is 4. The Labute approximate surface area is 132 Å². The number of thiophene rings is 1. The number of nitrogens with one attached hydrogen (secondary N) is 1. The van der Waals surface area contributed by atoms with Crippen LogP contribution in [0.5, 0.6) is 0 Å². The van der Waals surface area contributed by atoms with Gasteiger partial charge in [0.05, 0.1) is 24.7 Å². The zero-order valence-corrected chi connectivity index (χ0v) is 13.6. The molecule has 0 spiro atoms. The van der Waals surface area contributed by atoms with E-state index in [9.17, 15) is 0 Å². The fraction of sp³-hybridized carbons (Fsp3) is 0.200. The first-order chi connectivity index (χ1) is 10.2. The lowest BCUT2D eigenvalue weighted by Gasteiger charge is -2.06. The summed E-state index contributed by atoms with van der Waals surface area (Å²) in [5.41, 5.74) is 1.05. The third kappa shape index (κ3) is 2.83. The molecular formula is C15H17N4S2+. The summed E-state index contributed by atoms with van der Waals surface area (Å²) in [5, 5.41) is 6.79. The van der Waals surface area contributed by atoms with Gasteiger partial charge in [-0.2, -0.15) is 4.68 Å². The minimum atomic E-state index is 0.728. The fourth-order valence-corrected chi connectivity index (χ4v) is 3.18. The lowest BCUT2D eigenvalue weighted by Crippen LogP contribution is -3.05. The van der Waals surface area contributed by atoms with Crippen LogP contribution in [-0.4, -0.2) is 28.4 Å². The molecule has 0 atom stereocenters. The van der Waals surface area contributed by atoms with Crippen LogP contribution in [0.15, 0.2) is 47.8 Å². The van der Waals surface area contributed by atoms with E-state index >= 15 is 0 Å². The number of nitrogens with zero attached hydrogens (tertiary/aromatic N) is 3. The van der Waals surface area contributed by atoms with Crippen molar-refractivity contribution >= 4 is 23.6 Å². The van der Waals surface area contributed by atoms with Crippen LogP contribution in [0.25, 0.3) is 16.4 Å². The number of hydrogen-bond donors (Lipinski definition) is 1. The van der Waals surface area contributed by atoms with Crippen LogP contribution < -0.4 is 4.90 Å². The van der Waals surface area contributed by atoms with Gasteiger partial charge in [0.2, 0.25) is 4.77 Å². The lowest BCUT2D eigenvalue weighted by molar-refractivity contribution is -0.883. The Hall–Kier alpha value is -1.76. The first kappa shape index (κ1) is 14.2. The Bertz CT molecular complexity index is 770. The highest BCUT2D eigenvalue weighted by molar-refractivity contribution is 7.71. The van der Waals surface area contributed by atoms with E-state index in [0.29, 0.717) is 0 Å². The maximum absolute atomic E-state index is 5.64. The van der Waals surface area contributed by atoms with Crippen molar-refractivity contribution < 1.29 is 4.90 Å². The molecule has 0 saturated heterocycles. The zero-order chi connectivity index (χ0) is 14.8. The van der Waals surface area contributed by atoms with Crippen molar-refractivity contribution in [1.82, 2.24) is 14.3 Å². The van der Waals surface area contributed by atoms with Gasteiger partial charge >= 0.3 is 0 Å². The SMILES string of the molecule is C[NH+](C)Cn1nc(-c2cccs2)n(-c2ccccc2)c1=S. The van der Waals surface area contributed by atoms with Crippen molar-refractivity contribution in [2.45, 2.75) is 6.67 Å². The van der Waals surface area contributed by atoms with Crippen LogP contribution in [0.2, 0.25) is 0 Å². The molecule has 0 radical (unpaired) electrons. The van der Waals surface area contributed by atoms with E-state index < -0.39 is 0 Å². The average molecular weight is 317 g/mol. The Morgan fingerprint density at radius 1 is 1.14 bits per heavy atom. The van der Waals surface area contributed by atoms with Crippen LogP contribution in [0.4, 0.5) is 0 Å². The van der Waals surface area contributed by atoms with E-state index in [2.05, 4.69) is 37.7 Å². The Morgan fingerprint density at radius 2 is 1.90 bits per heavy atom. The van der Waals surface area contributed by atoms with Gasteiger partial charge in [0.25, 0.3) is 0 Å². The largest absolute Gasteiger partial charge is 0.321 e.